The summed E-state index contributed by atoms with van der Waals surface area (Å²) >= 11 is 1.82. The summed E-state index contributed by atoms with van der Waals surface area (Å²) in [5.74, 6) is 0. The molecule has 0 radical (unpaired) electrons. The standard InChI is InChI=1S/C43H23N5S/c44-23-26-12-14-38-36(20-26)32-8-1-3-10-37(32)47(38)31-19-27(24-45)18-29(22-31)28-6-5-7-30(21-28)48-39-25-46-17-16-33(39)34-13-15-41-42(43(34)48)35-9-2-4-11-40(35)49-41/h1-22,25H. The normalized spacial score (nSPS) is 11.6. The van der Waals surface area contributed by atoms with Crippen LogP contribution in [-0.2, 0) is 0 Å². The summed E-state index contributed by atoms with van der Waals surface area (Å²) in [6, 6.07) is 48.5. The van der Waals surface area contributed by atoms with Gasteiger partial charge in [-0.05, 0) is 83.9 Å². The fourth-order valence-corrected chi connectivity index (χ4v) is 8.65. The van der Waals surface area contributed by atoms with Gasteiger partial charge in [-0.2, -0.15) is 10.5 Å². The molecular formula is C43H23N5S. The molecule has 4 aromatic heterocycles. The topological polar surface area (TPSA) is 70.3 Å². The fourth-order valence-electron chi connectivity index (χ4n) is 7.55. The van der Waals surface area contributed by atoms with E-state index in [1.807, 2.05) is 66.2 Å². The Labute approximate surface area is 284 Å². The van der Waals surface area contributed by atoms with Gasteiger partial charge in [-0.3, -0.25) is 4.98 Å². The minimum Gasteiger partial charge on any atom is -0.309 e. The third kappa shape index (κ3) is 3.99. The van der Waals surface area contributed by atoms with Crippen molar-refractivity contribution in [1.82, 2.24) is 14.1 Å². The molecule has 0 amide bonds. The molecule has 49 heavy (non-hydrogen) atoms. The number of hydrogen-bond donors (Lipinski definition) is 0. The second-order valence-electron chi connectivity index (χ2n) is 12.3. The van der Waals surface area contributed by atoms with Gasteiger partial charge in [-0.1, -0.05) is 54.6 Å². The Morgan fingerprint density at radius 3 is 2.20 bits per heavy atom. The summed E-state index contributed by atoms with van der Waals surface area (Å²) in [6.07, 6.45) is 3.82. The van der Waals surface area contributed by atoms with E-state index < -0.39 is 0 Å². The number of benzene rings is 6. The van der Waals surface area contributed by atoms with Crippen LogP contribution in [0.1, 0.15) is 11.1 Å². The quantitative estimate of drug-likeness (QED) is 0.193. The third-order valence-corrected chi connectivity index (χ3v) is 10.8. The van der Waals surface area contributed by atoms with Gasteiger partial charge in [-0.15, -0.1) is 11.3 Å². The number of nitrogens with zero attached hydrogens (tertiary/aromatic N) is 5. The largest absolute Gasteiger partial charge is 0.309 e. The number of pyridine rings is 1. The zero-order chi connectivity index (χ0) is 32.6. The van der Waals surface area contributed by atoms with E-state index in [1.54, 1.807) is 0 Å². The molecule has 10 rings (SSSR count). The second kappa shape index (κ2) is 10.4. The zero-order valence-electron chi connectivity index (χ0n) is 25.9. The number of nitriles is 2. The Balaban J connectivity index is 1.22. The Kier molecular flexibility index (Phi) is 5.81. The van der Waals surface area contributed by atoms with Gasteiger partial charge in [0.05, 0.1) is 51.5 Å². The summed E-state index contributed by atoms with van der Waals surface area (Å²) in [6.45, 7) is 0. The Morgan fingerprint density at radius 2 is 1.31 bits per heavy atom. The highest BCUT2D eigenvalue weighted by molar-refractivity contribution is 7.26. The maximum Gasteiger partial charge on any atom is 0.0992 e. The highest BCUT2D eigenvalue weighted by Gasteiger charge is 2.19. The summed E-state index contributed by atoms with van der Waals surface area (Å²) in [5, 5.41) is 26.8. The van der Waals surface area contributed by atoms with Crippen molar-refractivity contribution in [2.45, 2.75) is 0 Å². The number of para-hydroxylation sites is 1. The van der Waals surface area contributed by atoms with Crippen LogP contribution < -0.4 is 0 Å². The molecule has 5 nitrogen and oxygen atoms in total. The SMILES string of the molecule is N#Cc1cc(-c2cccc(-n3c4cnccc4c4ccc5sc6ccccc6c5c43)c2)cc(-n2c3ccccc3c3cc(C#N)ccc32)c1. The molecule has 6 aromatic carbocycles. The summed E-state index contributed by atoms with van der Waals surface area (Å²) in [5.41, 5.74) is 9.28. The van der Waals surface area contributed by atoms with Gasteiger partial charge in [0, 0.05) is 59.3 Å². The molecule has 226 valence electrons. The molecule has 0 aliphatic carbocycles. The molecule has 0 saturated carbocycles. The third-order valence-electron chi connectivity index (χ3n) is 9.62. The van der Waals surface area contributed by atoms with Gasteiger partial charge in [-0.25, -0.2) is 0 Å². The molecule has 0 saturated heterocycles. The van der Waals surface area contributed by atoms with Crippen molar-refractivity contribution in [3.8, 4) is 34.6 Å². The fraction of sp³-hybridized carbons (Fsp3) is 0. The Bertz CT molecular complexity index is 3090. The molecule has 0 fully saturated rings. The van der Waals surface area contributed by atoms with Crippen LogP contribution in [0.5, 0.6) is 0 Å². The monoisotopic (exact) mass is 641 g/mol. The van der Waals surface area contributed by atoms with E-state index in [1.165, 1.54) is 31.1 Å². The molecule has 0 atom stereocenters. The van der Waals surface area contributed by atoms with Gasteiger partial charge in [0.1, 0.15) is 0 Å². The van der Waals surface area contributed by atoms with Crippen molar-refractivity contribution in [2.24, 2.45) is 0 Å². The Hall–Kier alpha value is -6.73. The number of aromatic nitrogens is 3. The highest BCUT2D eigenvalue weighted by atomic mass is 32.1. The smallest absolute Gasteiger partial charge is 0.0992 e. The first-order valence-corrected chi connectivity index (χ1v) is 16.8. The van der Waals surface area contributed by atoms with E-state index in [9.17, 15) is 10.5 Å². The van der Waals surface area contributed by atoms with E-state index in [0.29, 0.717) is 11.1 Å². The molecule has 6 heteroatoms. The summed E-state index contributed by atoms with van der Waals surface area (Å²) < 4.78 is 7.05. The van der Waals surface area contributed by atoms with Gasteiger partial charge in [0.15, 0.2) is 0 Å². The maximum atomic E-state index is 10.2. The van der Waals surface area contributed by atoms with Crippen molar-refractivity contribution >= 4 is 75.1 Å². The van der Waals surface area contributed by atoms with Crippen molar-refractivity contribution in [3.63, 3.8) is 0 Å². The van der Waals surface area contributed by atoms with Crippen LogP contribution in [-0.4, -0.2) is 14.1 Å². The molecule has 10 aromatic rings. The lowest BCUT2D eigenvalue weighted by Crippen LogP contribution is -1.97. The van der Waals surface area contributed by atoms with E-state index in [-0.39, 0.29) is 0 Å². The van der Waals surface area contributed by atoms with Crippen molar-refractivity contribution < 1.29 is 0 Å². The van der Waals surface area contributed by atoms with Crippen molar-refractivity contribution in [1.29, 1.82) is 10.5 Å². The van der Waals surface area contributed by atoms with Crippen molar-refractivity contribution in [2.75, 3.05) is 0 Å². The van der Waals surface area contributed by atoms with E-state index >= 15 is 0 Å². The van der Waals surface area contributed by atoms with E-state index in [4.69, 9.17) is 0 Å². The lowest BCUT2D eigenvalue weighted by Gasteiger charge is -2.13. The van der Waals surface area contributed by atoms with Crippen LogP contribution >= 0.6 is 11.3 Å². The van der Waals surface area contributed by atoms with Gasteiger partial charge in [0.2, 0.25) is 0 Å². The van der Waals surface area contributed by atoms with Crippen LogP contribution in [0, 0.1) is 22.7 Å². The van der Waals surface area contributed by atoms with Crippen molar-refractivity contribution in [3.05, 3.63) is 151 Å². The van der Waals surface area contributed by atoms with Crippen LogP contribution in [0.15, 0.2) is 140 Å². The molecule has 0 unspecified atom stereocenters. The lowest BCUT2D eigenvalue weighted by atomic mass is 10.0. The molecule has 0 aliphatic rings. The minimum atomic E-state index is 0.574. The molecular weight excluding hydrogens is 619 g/mol. The van der Waals surface area contributed by atoms with Crippen LogP contribution in [0.2, 0.25) is 0 Å². The first kappa shape index (κ1) is 27.4. The maximum absolute atomic E-state index is 10.2. The number of hydrogen-bond acceptors (Lipinski definition) is 4. The molecule has 0 spiro atoms. The minimum absolute atomic E-state index is 0.574. The predicted molar refractivity (Wildman–Crippen MR) is 201 cm³/mol. The van der Waals surface area contributed by atoms with E-state index in [0.717, 1.165) is 55.2 Å². The first-order chi connectivity index (χ1) is 24.2. The predicted octanol–water partition coefficient (Wildman–Crippen LogP) is 11.1. The van der Waals surface area contributed by atoms with Gasteiger partial charge < -0.3 is 9.13 Å². The van der Waals surface area contributed by atoms with E-state index in [2.05, 4.69) is 111 Å². The van der Waals surface area contributed by atoms with Crippen LogP contribution in [0.4, 0.5) is 0 Å². The number of rotatable bonds is 3. The van der Waals surface area contributed by atoms with Gasteiger partial charge >= 0.3 is 0 Å². The summed E-state index contributed by atoms with van der Waals surface area (Å²) in [7, 11) is 0. The molecule has 0 N–H and O–H groups in total. The van der Waals surface area contributed by atoms with Crippen LogP contribution in [0.3, 0.4) is 0 Å². The van der Waals surface area contributed by atoms with Crippen LogP contribution in [0.25, 0.3) is 86.3 Å². The second-order valence-corrected chi connectivity index (χ2v) is 13.4. The first-order valence-electron chi connectivity index (χ1n) is 16.0. The number of thiophene rings is 1. The summed E-state index contributed by atoms with van der Waals surface area (Å²) in [4.78, 5) is 4.55. The zero-order valence-corrected chi connectivity index (χ0v) is 26.7. The Morgan fingerprint density at radius 1 is 0.510 bits per heavy atom. The average Bonchev–Trinajstić information content (AvgIpc) is 3.82. The highest BCUT2D eigenvalue weighted by Crippen LogP contribution is 2.43. The lowest BCUT2D eigenvalue weighted by molar-refractivity contribution is 1.17. The molecule has 0 bridgehead atoms. The molecule has 4 heterocycles. The molecule has 0 aliphatic heterocycles. The average molecular weight is 642 g/mol. The van der Waals surface area contributed by atoms with Gasteiger partial charge in [0.25, 0.3) is 0 Å². The number of fused-ring (bicyclic) bond motifs is 10.